The smallest absolute Gasteiger partial charge is 0.315 e. The topological polar surface area (TPSA) is 86.2 Å². The molecule has 0 spiro atoms. The molecule has 0 aliphatic carbocycles. The Hall–Kier alpha value is -1.14. The van der Waals surface area contributed by atoms with Gasteiger partial charge >= 0.3 is 6.01 Å². The summed E-state index contributed by atoms with van der Waals surface area (Å²) in [4.78, 5) is 0. The lowest BCUT2D eigenvalue weighted by Gasteiger charge is -2.10. The summed E-state index contributed by atoms with van der Waals surface area (Å²) >= 11 is 0. The molecule has 2 atom stereocenters. The van der Waals surface area contributed by atoms with Crippen LogP contribution in [0.15, 0.2) is 4.42 Å². The zero-order chi connectivity index (χ0) is 11.3. The Bertz CT molecular complexity index is 287. The van der Waals surface area contributed by atoms with Crippen molar-refractivity contribution >= 4 is 6.01 Å². The van der Waals surface area contributed by atoms with Gasteiger partial charge in [-0.05, 0) is 20.8 Å². The highest BCUT2D eigenvalue weighted by Crippen LogP contribution is 2.10. The first kappa shape index (κ1) is 11.9. The van der Waals surface area contributed by atoms with Crippen LogP contribution in [0.2, 0.25) is 0 Å². The van der Waals surface area contributed by atoms with Crippen molar-refractivity contribution in [1.29, 1.82) is 0 Å². The minimum absolute atomic E-state index is 0.112. The first-order chi connectivity index (χ1) is 7.13. The molecule has 6 heteroatoms. The first-order valence-corrected chi connectivity index (χ1v) is 5.08. The van der Waals surface area contributed by atoms with Crippen molar-refractivity contribution in [1.82, 2.24) is 10.2 Å². The Labute approximate surface area is 89.2 Å². The fraction of sp³-hybridized carbons (Fsp3) is 0.778. The van der Waals surface area contributed by atoms with Crippen LogP contribution in [0, 0.1) is 0 Å². The Morgan fingerprint density at radius 1 is 1.47 bits per heavy atom. The van der Waals surface area contributed by atoms with Crippen LogP contribution in [0.3, 0.4) is 0 Å². The van der Waals surface area contributed by atoms with Gasteiger partial charge in [0.15, 0.2) is 0 Å². The number of nitrogens with one attached hydrogen (secondary N) is 1. The summed E-state index contributed by atoms with van der Waals surface area (Å²) in [6.07, 6.45) is 0.112. The molecule has 86 valence electrons. The minimum Gasteiger partial charge on any atom is -0.406 e. The van der Waals surface area contributed by atoms with Gasteiger partial charge in [-0.3, -0.25) is 0 Å². The molecule has 1 heterocycles. The largest absolute Gasteiger partial charge is 0.406 e. The number of ether oxygens (including phenoxy) is 1. The number of hydrogen-bond acceptors (Lipinski definition) is 6. The summed E-state index contributed by atoms with van der Waals surface area (Å²) in [6, 6.07) is 0.145. The molecular weight excluding hydrogens is 196 g/mol. The van der Waals surface area contributed by atoms with Gasteiger partial charge in [0, 0.05) is 13.2 Å². The van der Waals surface area contributed by atoms with E-state index in [9.17, 15) is 0 Å². The van der Waals surface area contributed by atoms with Crippen LogP contribution in [0.5, 0.6) is 0 Å². The van der Waals surface area contributed by atoms with Crippen LogP contribution in [0.25, 0.3) is 0 Å². The maximum atomic E-state index is 5.58. The molecule has 6 nitrogen and oxygen atoms in total. The van der Waals surface area contributed by atoms with E-state index in [1.807, 2.05) is 13.8 Å². The number of hydrogen-bond donors (Lipinski definition) is 2. The van der Waals surface area contributed by atoms with Crippen molar-refractivity contribution < 1.29 is 9.15 Å². The molecule has 1 rings (SSSR count). The average Bonchev–Trinajstić information content (AvgIpc) is 2.63. The Morgan fingerprint density at radius 3 is 2.73 bits per heavy atom. The summed E-state index contributed by atoms with van der Waals surface area (Å²) in [6.45, 7) is 7.04. The van der Waals surface area contributed by atoms with Crippen molar-refractivity contribution in [2.45, 2.75) is 32.9 Å². The van der Waals surface area contributed by atoms with Crippen molar-refractivity contribution in [2.24, 2.45) is 5.73 Å². The highest BCUT2D eigenvalue weighted by molar-refractivity contribution is 5.17. The Morgan fingerprint density at radius 2 is 2.20 bits per heavy atom. The fourth-order valence-corrected chi connectivity index (χ4v) is 1.06. The van der Waals surface area contributed by atoms with Gasteiger partial charge in [0.05, 0.1) is 12.1 Å². The monoisotopic (exact) mass is 214 g/mol. The van der Waals surface area contributed by atoms with Gasteiger partial charge in [-0.15, -0.1) is 5.10 Å². The summed E-state index contributed by atoms with van der Waals surface area (Å²) in [5.74, 6) is 0.432. The molecular formula is C9H18N4O2. The Kier molecular flexibility index (Phi) is 4.51. The van der Waals surface area contributed by atoms with E-state index in [2.05, 4.69) is 15.5 Å². The molecule has 1 aromatic heterocycles. The summed E-state index contributed by atoms with van der Waals surface area (Å²) in [5.41, 5.74) is 5.58. The predicted molar refractivity (Wildman–Crippen MR) is 56.5 cm³/mol. The van der Waals surface area contributed by atoms with Gasteiger partial charge in [-0.2, -0.15) is 0 Å². The maximum absolute atomic E-state index is 5.58. The fourth-order valence-electron chi connectivity index (χ4n) is 1.06. The molecule has 0 aliphatic rings. The number of nitrogens with zero attached hydrogens (tertiary/aromatic N) is 2. The molecule has 0 bridgehead atoms. The van der Waals surface area contributed by atoms with Crippen molar-refractivity contribution in [3.05, 3.63) is 5.89 Å². The van der Waals surface area contributed by atoms with Gasteiger partial charge in [0.25, 0.3) is 0 Å². The maximum Gasteiger partial charge on any atom is 0.315 e. The first-order valence-electron chi connectivity index (χ1n) is 5.08. The lowest BCUT2D eigenvalue weighted by molar-refractivity contribution is 0.0851. The van der Waals surface area contributed by atoms with Gasteiger partial charge in [0.2, 0.25) is 5.89 Å². The molecule has 15 heavy (non-hydrogen) atoms. The third-order valence-corrected chi connectivity index (χ3v) is 1.82. The van der Waals surface area contributed by atoms with E-state index in [-0.39, 0.29) is 12.1 Å². The highest BCUT2D eigenvalue weighted by Gasteiger charge is 2.10. The molecule has 0 saturated carbocycles. The lowest BCUT2D eigenvalue weighted by Crippen LogP contribution is -2.19. The summed E-state index contributed by atoms with van der Waals surface area (Å²) < 4.78 is 10.6. The van der Waals surface area contributed by atoms with E-state index in [1.165, 1.54) is 0 Å². The Balaban J connectivity index is 2.37. The third-order valence-electron chi connectivity index (χ3n) is 1.82. The highest BCUT2D eigenvalue weighted by atomic mass is 16.5. The molecule has 0 aromatic carbocycles. The number of nitrogens with two attached hydrogens (primary N) is 1. The zero-order valence-electron chi connectivity index (χ0n) is 9.36. The van der Waals surface area contributed by atoms with Gasteiger partial charge in [-0.25, -0.2) is 0 Å². The number of anilines is 1. The molecule has 0 amide bonds. The van der Waals surface area contributed by atoms with Crippen LogP contribution < -0.4 is 11.1 Å². The molecule has 0 saturated heterocycles. The van der Waals surface area contributed by atoms with Crippen molar-refractivity contribution in [3.63, 3.8) is 0 Å². The van der Waals surface area contributed by atoms with Crippen LogP contribution >= 0.6 is 0 Å². The third kappa shape index (κ3) is 3.85. The summed E-state index contributed by atoms with van der Waals surface area (Å²) in [7, 11) is 0. The van der Waals surface area contributed by atoms with E-state index in [4.69, 9.17) is 14.9 Å². The predicted octanol–water partition coefficient (Wildman–Crippen LogP) is 0.926. The molecule has 0 fully saturated rings. The van der Waals surface area contributed by atoms with Crippen LogP contribution in [0.4, 0.5) is 6.01 Å². The second-order valence-corrected chi connectivity index (χ2v) is 3.38. The molecule has 0 aliphatic heterocycles. The number of rotatable bonds is 6. The van der Waals surface area contributed by atoms with Gasteiger partial charge < -0.3 is 20.2 Å². The second-order valence-electron chi connectivity index (χ2n) is 3.38. The molecule has 2 unspecified atom stereocenters. The van der Waals surface area contributed by atoms with E-state index in [1.54, 1.807) is 6.92 Å². The van der Waals surface area contributed by atoms with Crippen LogP contribution in [-0.2, 0) is 4.74 Å². The minimum atomic E-state index is -0.239. The lowest BCUT2D eigenvalue weighted by atomic mass is 10.4. The molecule has 3 N–H and O–H groups in total. The quantitative estimate of drug-likeness (QED) is 0.732. The average molecular weight is 214 g/mol. The van der Waals surface area contributed by atoms with E-state index in [0.717, 1.165) is 0 Å². The SMILES string of the molecule is CCOC(C)CNc1nnc(C(C)N)o1. The standard InChI is InChI=1S/C9H18N4O2/c1-4-14-6(2)5-11-9-13-12-8(15-9)7(3)10/h6-7H,4-5,10H2,1-3H3,(H,11,13). The van der Waals surface area contributed by atoms with E-state index < -0.39 is 0 Å². The molecule has 0 radical (unpaired) electrons. The normalized spacial score (nSPS) is 14.9. The number of aromatic nitrogens is 2. The van der Waals surface area contributed by atoms with Crippen LogP contribution in [-0.4, -0.2) is 29.5 Å². The van der Waals surface area contributed by atoms with E-state index >= 15 is 0 Å². The molecule has 1 aromatic rings. The second kappa shape index (κ2) is 5.67. The van der Waals surface area contributed by atoms with Crippen LogP contribution in [0.1, 0.15) is 32.7 Å². The summed E-state index contributed by atoms with van der Waals surface area (Å²) in [5, 5.41) is 10.6. The van der Waals surface area contributed by atoms with Gasteiger partial charge in [0.1, 0.15) is 0 Å². The van der Waals surface area contributed by atoms with E-state index in [0.29, 0.717) is 25.1 Å². The zero-order valence-corrected chi connectivity index (χ0v) is 9.36. The van der Waals surface area contributed by atoms with Crippen molar-refractivity contribution in [3.8, 4) is 0 Å². The van der Waals surface area contributed by atoms with Crippen molar-refractivity contribution in [2.75, 3.05) is 18.5 Å². The van der Waals surface area contributed by atoms with Gasteiger partial charge in [-0.1, -0.05) is 5.10 Å².